The van der Waals surface area contributed by atoms with Crippen LogP contribution in [0.2, 0.25) is 0 Å². The average Bonchev–Trinajstić information content (AvgIpc) is 3.23. The van der Waals surface area contributed by atoms with E-state index in [2.05, 4.69) is 5.32 Å². The summed E-state index contributed by atoms with van der Waals surface area (Å²) in [6, 6.07) is 5.07. The molecule has 2 amide bonds. The predicted molar refractivity (Wildman–Crippen MR) is 117 cm³/mol. The first-order valence-electron chi connectivity index (χ1n) is 10.7. The van der Waals surface area contributed by atoms with Crippen LogP contribution in [0.1, 0.15) is 44.2 Å². The minimum atomic E-state index is -0.385. The Morgan fingerprint density at radius 1 is 1.32 bits per heavy atom. The van der Waals surface area contributed by atoms with Crippen molar-refractivity contribution in [3.05, 3.63) is 69.5 Å². The molecule has 0 atom stereocenters. The molecule has 1 aromatic carbocycles. The lowest BCUT2D eigenvalue weighted by Crippen LogP contribution is -2.40. The summed E-state index contributed by atoms with van der Waals surface area (Å²) < 4.78 is 14.3. The second-order valence-corrected chi connectivity index (χ2v) is 7.85. The first-order valence-corrected chi connectivity index (χ1v) is 10.7. The molecule has 3 rings (SSSR count). The van der Waals surface area contributed by atoms with Crippen LogP contribution in [0, 0.1) is 12.7 Å². The lowest BCUT2D eigenvalue weighted by Gasteiger charge is -2.33. The molecule has 2 heterocycles. The molecule has 0 aromatic heterocycles. The maximum atomic E-state index is 14.3. The quantitative estimate of drug-likeness (QED) is 0.726. The molecular weight excluding hydrogens is 397 g/mol. The Bertz CT molecular complexity index is 994. The van der Waals surface area contributed by atoms with Crippen LogP contribution in [0.3, 0.4) is 0 Å². The highest BCUT2D eigenvalue weighted by Gasteiger charge is 2.39. The number of aliphatic hydroxyl groups is 1. The number of aliphatic hydroxyl groups excluding tert-OH is 1. The Hall–Kier alpha value is -3.09. The molecule has 6 nitrogen and oxygen atoms in total. The highest BCUT2D eigenvalue weighted by Crippen LogP contribution is 2.40. The van der Waals surface area contributed by atoms with Gasteiger partial charge in [-0.3, -0.25) is 9.59 Å². The third-order valence-corrected chi connectivity index (χ3v) is 5.80. The number of nitrogens with zero attached hydrogens (tertiary/aromatic N) is 2. The number of allylic oxidation sites excluding steroid dienone is 3. The molecule has 0 bridgehead atoms. The summed E-state index contributed by atoms with van der Waals surface area (Å²) in [6.45, 7) is 6.55. The third kappa shape index (κ3) is 4.22. The number of carbonyl (C=O) groups is 2. The second-order valence-electron chi connectivity index (χ2n) is 7.85. The number of rotatable bonds is 6. The van der Waals surface area contributed by atoms with Gasteiger partial charge in [0.2, 0.25) is 0 Å². The van der Waals surface area contributed by atoms with Crippen LogP contribution in [-0.2, 0) is 16.1 Å². The Morgan fingerprint density at radius 2 is 2.06 bits per heavy atom. The van der Waals surface area contributed by atoms with Crippen molar-refractivity contribution in [3.8, 4) is 0 Å². The maximum Gasteiger partial charge on any atom is 0.274 e. The van der Waals surface area contributed by atoms with Crippen LogP contribution in [0.15, 0.2) is 52.6 Å². The Kier molecular flexibility index (Phi) is 6.83. The lowest BCUT2D eigenvalue weighted by molar-refractivity contribution is -0.127. The zero-order chi connectivity index (χ0) is 22.7. The van der Waals surface area contributed by atoms with Gasteiger partial charge < -0.3 is 20.2 Å². The Morgan fingerprint density at radius 3 is 2.74 bits per heavy atom. The van der Waals surface area contributed by atoms with E-state index in [1.807, 2.05) is 13.8 Å². The Balaban J connectivity index is 1.97. The normalized spacial score (nSPS) is 17.3. The van der Waals surface area contributed by atoms with E-state index in [1.165, 1.54) is 4.90 Å². The molecule has 2 aliphatic heterocycles. The van der Waals surface area contributed by atoms with E-state index in [4.69, 9.17) is 0 Å². The van der Waals surface area contributed by atoms with Gasteiger partial charge in [0.1, 0.15) is 11.5 Å². The molecule has 166 valence electrons. The van der Waals surface area contributed by atoms with Gasteiger partial charge in [0, 0.05) is 43.5 Å². The standard InChI is InChI=1S/C24H30FN3O3/c1-5-9-17-19(23(30)26-14-16-11-7-10-15(3)20(16)25)18-12-8-13-28(18)21(22(17)29)24(31)27(4)6-2/h7,9-11,29H,5-6,8,12-14H2,1-4H3,(H,26,30)/b17-9+. The van der Waals surface area contributed by atoms with Gasteiger partial charge in [-0.15, -0.1) is 0 Å². The molecule has 1 saturated heterocycles. The number of likely N-dealkylation sites (N-methyl/N-ethyl adjacent to an activating group) is 1. The predicted octanol–water partition coefficient (Wildman–Crippen LogP) is 3.70. The average molecular weight is 428 g/mol. The van der Waals surface area contributed by atoms with E-state index < -0.39 is 0 Å². The van der Waals surface area contributed by atoms with Gasteiger partial charge in [-0.05, 0) is 38.7 Å². The minimum Gasteiger partial charge on any atom is -0.505 e. The fourth-order valence-corrected chi connectivity index (χ4v) is 4.02. The summed E-state index contributed by atoms with van der Waals surface area (Å²) >= 11 is 0. The first kappa shape index (κ1) is 22.6. The number of halogens is 1. The van der Waals surface area contributed by atoms with E-state index in [0.29, 0.717) is 48.2 Å². The molecule has 7 heteroatoms. The van der Waals surface area contributed by atoms with Crippen LogP contribution in [0.5, 0.6) is 0 Å². The van der Waals surface area contributed by atoms with Crippen molar-refractivity contribution < 1.29 is 19.1 Å². The summed E-state index contributed by atoms with van der Waals surface area (Å²) in [5.41, 5.74) is 2.60. The van der Waals surface area contributed by atoms with Gasteiger partial charge in [-0.2, -0.15) is 0 Å². The monoisotopic (exact) mass is 427 g/mol. The van der Waals surface area contributed by atoms with E-state index in [1.54, 1.807) is 43.1 Å². The summed E-state index contributed by atoms with van der Waals surface area (Å²) in [7, 11) is 1.68. The molecule has 2 aliphatic rings. The summed E-state index contributed by atoms with van der Waals surface area (Å²) in [5.74, 6) is -1.18. The SMILES string of the molecule is CC/C=C1/C(O)=C(C(=O)N(C)CC)N2CCCC2=C1C(=O)NCc1cccc(C)c1F. The van der Waals surface area contributed by atoms with Crippen molar-refractivity contribution in [1.29, 1.82) is 0 Å². The van der Waals surface area contributed by atoms with Crippen molar-refractivity contribution >= 4 is 11.8 Å². The van der Waals surface area contributed by atoms with E-state index in [-0.39, 0.29) is 35.6 Å². The first-order chi connectivity index (χ1) is 14.8. The van der Waals surface area contributed by atoms with Crippen molar-refractivity contribution in [3.63, 3.8) is 0 Å². The van der Waals surface area contributed by atoms with Gasteiger partial charge in [0.05, 0.1) is 5.57 Å². The van der Waals surface area contributed by atoms with Gasteiger partial charge in [0.25, 0.3) is 11.8 Å². The highest BCUT2D eigenvalue weighted by atomic mass is 19.1. The molecule has 1 aromatic rings. The van der Waals surface area contributed by atoms with Gasteiger partial charge in [-0.25, -0.2) is 4.39 Å². The fourth-order valence-electron chi connectivity index (χ4n) is 4.02. The molecule has 0 spiro atoms. The van der Waals surface area contributed by atoms with Crippen LogP contribution >= 0.6 is 0 Å². The fraction of sp³-hybridized carbons (Fsp3) is 0.417. The summed E-state index contributed by atoms with van der Waals surface area (Å²) in [4.78, 5) is 29.5. The molecule has 0 radical (unpaired) electrons. The molecule has 31 heavy (non-hydrogen) atoms. The van der Waals surface area contributed by atoms with Crippen molar-refractivity contribution in [1.82, 2.24) is 15.1 Å². The van der Waals surface area contributed by atoms with Crippen molar-refractivity contribution in [2.75, 3.05) is 20.1 Å². The number of carbonyl (C=O) groups excluding carboxylic acids is 2. The van der Waals surface area contributed by atoms with Crippen LogP contribution in [-0.4, -0.2) is 46.9 Å². The number of hydrogen-bond acceptors (Lipinski definition) is 4. The number of aryl methyl sites for hydroxylation is 1. The highest BCUT2D eigenvalue weighted by molar-refractivity contribution is 6.03. The number of amides is 2. The van der Waals surface area contributed by atoms with Gasteiger partial charge in [-0.1, -0.05) is 31.2 Å². The minimum absolute atomic E-state index is 0.0391. The second kappa shape index (κ2) is 9.37. The number of nitrogens with one attached hydrogen (secondary N) is 1. The van der Waals surface area contributed by atoms with E-state index in [0.717, 1.165) is 12.1 Å². The smallest absolute Gasteiger partial charge is 0.274 e. The molecule has 1 fully saturated rings. The summed E-state index contributed by atoms with van der Waals surface area (Å²) in [5, 5.41) is 13.9. The third-order valence-electron chi connectivity index (χ3n) is 5.80. The Labute approximate surface area is 182 Å². The summed E-state index contributed by atoms with van der Waals surface area (Å²) in [6.07, 6.45) is 3.75. The molecule has 2 N–H and O–H groups in total. The molecule has 0 unspecified atom stereocenters. The zero-order valence-electron chi connectivity index (χ0n) is 18.6. The van der Waals surface area contributed by atoms with Crippen molar-refractivity contribution in [2.24, 2.45) is 0 Å². The number of fused-ring (bicyclic) bond motifs is 1. The zero-order valence-corrected chi connectivity index (χ0v) is 18.6. The number of benzene rings is 1. The molecule has 0 aliphatic carbocycles. The maximum absolute atomic E-state index is 14.3. The lowest BCUT2D eigenvalue weighted by atomic mass is 9.93. The topological polar surface area (TPSA) is 72.9 Å². The van der Waals surface area contributed by atoms with Crippen LogP contribution in [0.4, 0.5) is 4.39 Å². The molecular formula is C24H30FN3O3. The number of hydrogen-bond donors (Lipinski definition) is 2. The van der Waals surface area contributed by atoms with Crippen LogP contribution < -0.4 is 5.32 Å². The van der Waals surface area contributed by atoms with E-state index >= 15 is 0 Å². The van der Waals surface area contributed by atoms with E-state index in [9.17, 15) is 19.1 Å². The van der Waals surface area contributed by atoms with Gasteiger partial charge >= 0.3 is 0 Å². The van der Waals surface area contributed by atoms with Gasteiger partial charge in [0.15, 0.2) is 5.76 Å². The van der Waals surface area contributed by atoms with Crippen molar-refractivity contribution in [2.45, 2.75) is 46.6 Å². The van der Waals surface area contributed by atoms with Crippen LogP contribution in [0.25, 0.3) is 0 Å². The molecule has 0 saturated carbocycles. The largest absolute Gasteiger partial charge is 0.505 e.